The second-order valence-electron chi connectivity index (χ2n) is 4.76. The third kappa shape index (κ3) is 2.01. The van der Waals surface area contributed by atoms with E-state index in [4.69, 9.17) is 4.74 Å². The quantitative estimate of drug-likeness (QED) is 0.544. The Labute approximate surface area is 124 Å². The van der Waals surface area contributed by atoms with Gasteiger partial charge in [0, 0.05) is 5.56 Å². The normalized spacial score (nSPS) is 10.8. The van der Waals surface area contributed by atoms with Crippen LogP contribution >= 0.6 is 0 Å². The number of ether oxygens (including phenoxy) is 1. The van der Waals surface area contributed by atoms with Crippen LogP contribution < -0.4 is 10.2 Å². The second kappa shape index (κ2) is 5.00. The summed E-state index contributed by atoms with van der Waals surface area (Å²) in [5, 5.41) is 29.4. The van der Waals surface area contributed by atoms with E-state index in [1.54, 1.807) is 18.2 Å². The molecule has 4 N–H and O–H groups in total. The lowest BCUT2D eigenvalue weighted by atomic mass is 10.1. The van der Waals surface area contributed by atoms with Crippen molar-refractivity contribution < 1.29 is 20.1 Å². The first-order valence-electron chi connectivity index (χ1n) is 6.47. The van der Waals surface area contributed by atoms with Crippen LogP contribution in [0.1, 0.15) is 0 Å². The highest BCUT2D eigenvalue weighted by atomic mass is 16.5. The Kier molecular flexibility index (Phi) is 3.14. The van der Waals surface area contributed by atoms with Crippen LogP contribution in [-0.4, -0.2) is 27.4 Å². The van der Waals surface area contributed by atoms with Crippen LogP contribution in [0.25, 0.3) is 22.2 Å². The average molecular weight is 299 g/mol. The molecule has 0 saturated heterocycles. The number of benzene rings is 2. The van der Waals surface area contributed by atoms with Gasteiger partial charge in [-0.15, -0.1) is 0 Å². The lowest BCUT2D eigenvalue weighted by Gasteiger charge is -2.10. The molecule has 0 atom stereocenters. The van der Waals surface area contributed by atoms with Gasteiger partial charge in [-0.1, -0.05) is 6.07 Å². The van der Waals surface area contributed by atoms with Crippen molar-refractivity contribution in [3.8, 4) is 34.3 Å². The number of H-pyrrole nitrogens is 1. The number of nitrogens with one attached hydrogen (secondary N) is 1. The number of hydrogen-bond donors (Lipinski definition) is 4. The minimum atomic E-state index is -0.575. The van der Waals surface area contributed by atoms with Gasteiger partial charge in [0.05, 0.1) is 23.7 Å². The van der Waals surface area contributed by atoms with E-state index in [2.05, 4.69) is 4.98 Å². The van der Waals surface area contributed by atoms with Gasteiger partial charge in [-0.25, -0.2) is 0 Å². The van der Waals surface area contributed by atoms with Gasteiger partial charge in [-0.05, 0) is 30.3 Å². The number of fused-ring (bicyclic) bond motifs is 1. The summed E-state index contributed by atoms with van der Waals surface area (Å²) in [6.45, 7) is 0. The van der Waals surface area contributed by atoms with Crippen molar-refractivity contribution in [1.82, 2.24) is 4.98 Å². The van der Waals surface area contributed by atoms with Gasteiger partial charge in [0.2, 0.25) is 5.43 Å². The van der Waals surface area contributed by atoms with E-state index < -0.39 is 11.2 Å². The zero-order valence-electron chi connectivity index (χ0n) is 11.6. The Hall–Kier alpha value is -3.15. The molecule has 0 aliphatic rings. The Morgan fingerprint density at radius 3 is 2.50 bits per heavy atom. The van der Waals surface area contributed by atoms with Crippen molar-refractivity contribution in [2.75, 3.05) is 7.11 Å². The highest BCUT2D eigenvalue weighted by Crippen LogP contribution is 2.34. The van der Waals surface area contributed by atoms with E-state index in [1.807, 2.05) is 0 Å². The number of aromatic nitrogens is 1. The molecule has 1 aromatic heterocycles. The summed E-state index contributed by atoms with van der Waals surface area (Å²) in [4.78, 5) is 15.3. The lowest BCUT2D eigenvalue weighted by Crippen LogP contribution is -2.06. The van der Waals surface area contributed by atoms with Crippen LogP contribution in [0.3, 0.4) is 0 Å². The molecule has 0 amide bonds. The summed E-state index contributed by atoms with van der Waals surface area (Å²) >= 11 is 0. The summed E-state index contributed by atoms with van der Waals surface area (Å²) in [6, 6.07) is 9.04. The molecular formula is C16H13NO5. The van der Waals surface area contributed by atoms with Gasteiger partial charge >= 0.3 is 0 Å². The van der Waals surface area contributed by atoms with E-state index in [1.165, 1.54) is 25.3 Å². The average Bonchev–Trinajstić information content (AvgIpc) is 2.52. The second-order valence-corrected chi connectivity index (χ2v) is 4.76. The summed E-state index contributed by atoms with van der Waals surface area (Å²) in [5.74, 6) is -0.757. The van der Waals surface area contributed by atoms with E-state index in [9.17, 15) is 20.1 Å². The number of phenols is 2. The van der Waals surface area contributed by atoms with E-state index in [0.29, 0.717) is 16.8 Å². The predicted octanol–water partition coefficient (Wildman–Crippen LogP) is 2.32. The molecule has 1 heterocycles. The minimum Gasteiger partial charge on any atom is -0.504 e. The molecule has 0 bridgehead atoms. The minimum absolute atomic E-state index is 0.154. The zero-order valence-corrected chi connectivity index (χ0v) is 11.6. The number of phenolic OH excluding ortho intramolecular Hbond substituents is 2. The predicted molar refractivity (Wildman–Crippen MR) is 81.6 cm³/mol. The van der Waals surface area contributed by atoms with Crippen LogP contribution in [0.15, 0.2) is 41.2 Å². The van der Waals surface area contributed by atoms with E-state index >= 15 is 0 Å². The highest BCUT2D eigenvalue weighted by molar-refractivity contribution is 5.89. The Bertz CT molecular complexity index is 930. The standard InChI is InChI=1S/C16H13NO5/c1-22-12-4-2-3-9-13(12)15(20)16(21)14(17-9)8-5-6-10(18)11(19)7-8/h2-7,18-19,21H,1H3,(H,17,20). The van der Waals surface area contributed by atoms with Crippen molar-refractivity contribution in [1.29, 1.82) is 0 Å². The molecule has 0 unspecified atom stereocenters. The molecule has 0 spiro atoms. The summed E-state index contributed by atoms with van der Waals surface area (Å²) in [7, 11) is 1.44. The van der Waals surface area contributed by atoms with Crippen molar-refractivity contribution in [2.24, 2.45) is 0 Å². The molecule has 3 rings (SSSR count). The SMILES string of the molecule is COc1cccc2[nH]c(-c3ccc(O)c(O)c3)c(O)c(=O)c12. The number of hydrogen-bond acceptors (Lipinski definition) is 5. The highest BCUT2D eigenvalue weighted by Gasteiger charge is 2.16. The van der Waals surface area contributed by atoms with Crippen LogP contribution in [0, 0.1) is 0 Å². The first-order chi connectivity index (χ1) is 10.5. The van der Waals surface area contributed by atoms with E-state index in [-0.39, 0.29) is 22.6 Å². The Morgan fingerprint density at radius 2 is 1.82 bits per heavy atom. The Balaban J connectivity index is 2.34. The molecule has 2 aromatic carbocycles. The molecule has 22 heavy (non-hydrogen) atoms. The third-order valence-electron chi connectivity index (χ3n) is 3.45. The van der Waals surface area contributed by atoms with E-state index in [0.717, 1.165) is 0 Å². The van der Waals surface area contributed by atoms with Crippen LogP contribution in [0.2, 0.25) is 0 Å². The fourth-order valence-electron chi connectivity index (χ4n) is 2.35. The van der Waals surface area contributed by atoms with Crippen molar-refractivity contribution >= 4 is 10.9 Å². The van der Waals surface area contributed by atoms with Gasteiger partial charge in [0.15, 0.2) is 17.2 Å². The summed E-state index contributed by atoms with van der Waals surface area (Å²) < 4.78 is 5.14. The van der Waals surface area contributed by atoms with Gasteiger partial charge in [0.1, 0.15) is 5.75 Å². The number of aromatic amines is 1. The van der Waals surface area contributed by atoms with Crippen LogP contribution in [0.5, 0.6) is 23.0 Å². The van der Waals surface area contributed by atoms with Crippen molar-refractivity contribution in [2.45, 2.75) is 0 Å². The zero-order chi connectivity index (χ0) is 15.9. The maximum Gasteiger partial charge on any atom is 0.235 e. The molecule has 0 saturated carbocycles. The summed E-state index contributed by atoms with van der Waals surface area (Å²) in [6.07, 6.45) is 0. The fraction of sp³-hybridized carbons (Fsp3) is 0.0625. The molecule has 0 aliphatic carbocycles. The fourth-order valence-corrected chi connectivity index (χ4v) is 2.35. The first kappa shape index (κ1) is 13.8. The monoisotopic (exact) mass is 299 g/mol. The lowest BCUT2D eigenvalue weighted by molar-refractivity contribution is 0.404. The van der Waals surface area contributed by atoms with Crippen LogP contribution in [0.4, 0.5) is 0 Å². The van der Waals surface area contributed by atoms with Gasteiger partial charge in [0.25, 0.3) is 0 Å². The van der Waals surface area contributed by atoms with Gasteiger partial charge in [-0.3, -0.25) is 4.79 Å². The first-order valence-corrected chi connectivity index (χ1v) is 6.47. The number of aromatic hydroxyl groups is 3. The molecule has 0 aliphatic heterocycles. The van der Waals surface area contributed by atoms with Gasteiger partial charge in [-0.2, -0.15) is 0 Å². The summed E-state index contributed by atoms with van der Waals surface area (Å²) in [5.41, 5.74) is 0.439. The third-order valence-corrected chi connectivity index (χ3v) is 3.45. The van der Waals surface area contributed by atoms with Crippen LogP contribution in [-0.2, 0) is 0 Å². The molecule has 3 aromatic rings. The number of rotatable bonds is 2. The smallest absolute Gasteiger partial charge is 0.235 e. The van der Waals surface area contributed by atoms with Gasteiger partial charge < -0.3 is 25.0 Å². The molecule has 6 nitrogen and oxygen atoms in total. The molecule has 0 fully saturated rings. The maximum atomic E-state index is 12.4. The van der Waals surface area contributed by atoms with Crippen molar-refractivity contribution in [3.05, 3.63) is 46.6 Å². The number of methoxy groups -OCH3 is 1. The molecule has 6 heteroatoms. The topological polar surface area (TPSA) is 103 Å². The largest absolute Gasteiger partial charge is 0.504 e. The number of pyridine rings is 1. The maximum absolute atomic E-state index is 12.4. The van der Waals surface area contributed by atoms with Crippen molar-refractivity contribution in [3.63, 3.8) is 0 Å². The Morgan fingerprint density at radius 1 is 1.05 bits per heavy atom. The molecule has 0 radical (unpaired) electrons. The molecular weight excluding hydrogens is 286 g/mol. The molecule has 112 valence electrons.